The summed E-state index contributed by atoms with van der Waals surface area (Å²) in [6, 6.07) is 13.4. The Kier molecular flexibility index (Phi) is 7.32. The standard InChI is InChI=1S/C23H25NO6/c1-2-15-28-22(26)16-17-3-7-19(8-4-17)29-21-11-13-24(14-12-21)23(27)30-20-9-5-18(25)6-10-20/h2-10,21,25H,1,11-16H2. The summed E-state index contributed by atoms with van der Waals surface area (Å²) in [5.41, 5.74) is 0.850. The topological polar surface area (TPSA) is 85.3 Å². The average Bonchev–Trinajstić information content (AvgIpc) is 2.76. The summed E-state index contributed by atoms with van der Waals surface area (Å²) in [5.74, 6) is 0.941. The van der Waals surface area contributed by atoms with Crippen LogP contribution in [0.1, 0.15) is 18.4 Å². The molecule has 158 valence electrons. The summed E-state index contributed by atoms with van der Waals surface area (Å²) < 4.78 is 16.3. The fraction of sp³-hybridized carbons (Fsp3) is 0.304. The van der Waals surface area contributed by atoms with Crippen LogP contribution in [0.5, 0.6) is 17.2 Å². The normalized spacial score (nSPS) is 14.1. The van der Waals surface area contributed by atoms with E-state index in [2.05, 4.69) is 6.58 Å². The number of likely N-dealkylation sites (tertiary alicyclic amines) is 1. The molecule has 0 aromatic heterocycles. The molecule has 0 spiro atoms. The molecule has 1 fully saturated rings. The SMILES string of the molecule is C=CCOC(=O)Cc1ccc(OC2CCN(C(=O)Oc3ccc(O)cc3)CC2)cc1. The summed E-state index contributed by atoms with van der Waals surface area (Å²) in [7, 11) is 0. The smallest absolute Gasteiger partial charge is 0.415 e. The number of aromatic hydroxyl groups is 1. The second kappa shape index (κ2) is 10.3. The number of rotatable bonds is 7. The van der Waals surface area contributed by atoms with E-state index in [1.165, 1.54) is 18.2 Å². The summed E-state index contributed by atoms with van der Waals surface area (Å²) in [6.45, 7) is 4.79. The number of carbonyl (C=O) groups excluding carboxylic acids is 2. The summed E-state index contributed by atoms with van der Waals surface area (Å²) >= 11 is 0. The third-order valence-corrected chi connectivity index (χ3v) is 4.68. The van der Waals surface area contributed by atoms with E-state index >= 15 is 0 Å². The van der Waals surface area contributed by atoms with Gasteiger partial charge in [-0.1, -0.05) is 24.8 Å². The van der Waals surface area contributed by atoms with Crippen LogP contribution in [0, 0.1) is 0 Å². The number of nitrogens with zero attached hydrogens (tertiary/aromatic N) is 1. The highest BCUT2D eigenvalue weighted by atomic mass is 16.6. The zero-order chi connectivity index (χ0) is 21.3. The molecule has 1 amide bonds. The highest BCUT2D eigenvalue weighted by Gasteiger charge is 2.25. The fourth-order valence-electron chi connectivity index (χ4n) is 3.08. The van der Waals surface area contributed by atoms with Crippen LogP contribution in [0.4, 0.5) is 4.79 Å². The summed E-state index contributed by atoms with van der Waals surface area (Å²) in [4.78, 5) is 25.5. The van der Waals surface area contributed by atoms with Gasteiger partial charge < -0.3 is 24.2 Å². The van der Waals surface area contributed by atoms with Crippen molar-refractivity contribution in [2.75, 3.05) is 19.7 Å². The van der Waals surface area contributed by atoms with E-state index in [1.54, 1.807) is 17.0 Å². The van der Waals surface area contributed by atoms with Crippen molar-refractivity contribution in [1.29, 1.82) is 0 Å². The van der Waals surface area contributed by atoms with Crippen molar-refractivity contribution < 1.29 is 28.9 Å². The number of amides is 1. The molecule has 0 aliphatic carbocycles. The first-order chi connectivity index (χ1) is 14.5. The van der Waals surface area contributed by atoms with Gasteiger partial charge in [0, 0.05) is 25.9 Å². The lowest BCUT2D eigenvalue weighted by Crippen LogP contribution is -2.43. The van der Waals surface area contributed by atoms with Crippen molar-refractivity contribution in [2.24, 2.45) is 0 Å². The van der Waals surface area contributed by atoms with Crippen molar-refractivity contribution in [3.8, 4) is 17.2 Å². The molecule has 0 radical (unpaired) electrons. The first-order valence-electron chi connectivity index (χ1n) is 9.81. The maximum atomic E-state index is 12.3. The first-order valence-corrected chi connectivity index (χ1v) is 9.81. The highest BCUT2D eigenvalue weighted by Crippen LogP contribution is 2.22. The molecule has 7 heteroatoms. The van der Waals surface area contributed by atoms with Gasteiger partial charge in [-0.3, -0.25) is 4.79 Å². The first kappa shape index (κ1) is 21.2. The van der Waals surface area contributed by atoms with Crippen molar-refractivity contribution >= 4 is 12.1 Å². The number of esters is 1. The molecule has 2 aromatic carbocycles. The second-order valence-electron chi connectivity index (χ2n) is 6.96. The molecule has 1 aliphatic heterocycles. The van der Waals surface area contributed by atoms with Crippen LogP contribution in [-0.4, -0.2) is 47.9 Å². The Balaban J connectivity index is 1.42. The lowest BCUT2D eigenvalue weighted by Gasteiger charge is -2.31. The number of phenols is 1. The Morgan fingerprint density at radius 3 is 2.30 bits per heavy atom. The van der Waals surface area contributed by atoms with Crippen molar-refractivity contribution in [1.82, 2.24) is 4.90 Å². The van der Waals surface area contributed by atoms with Crippen molar-refractivity contribution in [3.05, 3.63) is 66.7 Å². The van der Waals surface area contributed by atoms with E-state index in [0.29, 0.717) is 31.7 Å². The Morgan fingerprint density at radius 2 is 1.67 bits per heavy atom. The molecular formula is C23H25NO6. The van der Waals surface area contributed by atoms with Crippen LogP contribution in [0.25, 0.3) is 0 Å². The van der Waals surface area contributed by atoms with Gasteiger partial charge in [0.1, 0.15) is 30.0 Å². The van der Waals surface area contributed by atoms with Crippen LogP contribution in [0.2, 0.25) is 0 Å². The number of hydrogen-bond acceptors (Lipinski definition) is 6. The van der Waals surface area contributed by atoms with Gasteiger partial charge in [-0.25, -0.2) is 4.79 Å². The van der Waals surface area contributed by atoms with E-state index < -0.39 is 6.09 Å². The van der Waals surface area contributed by atoms with E-state index in [-0.39, 0.29) is 30.9 Å². The molecule has 0 atom stereocenters. The monoisotopic (exact) mass is 411 g/mol. The molecule has 30 heavy (non-hydrogen) atoms. The zero-order valence-corrected chi connectivity index (χ0v) is 16.7. The number of piperidine rings is 1. The van der Waals surface area contributed by atoms with Gasteiger partial charge in [0.25, 0.3) is 0 Å². The van der Waals surface area contributed by atoms with Crippen LogP contribution < -0.4 is 9.47 Å². The number of benzene rings is 2. The second-order valence-corrected chi connectivity index (χ2v) is 6.96. The molecule has 1 N–H and O–H groups in total. The Labute approximate surface area is 175 Å². The molecule has 0 bridgehead atoms. The third-order valence-electron chi connectivity index (χ3n) is 4.68. The van der Waals surface area contributed by atoms with Crippen LogP contribution >= 0.6 is 0 Å². The molecule has 1 saturated heterocycles. The van der Waals surface area contributed by atoms with Gasteiger partial charge in [-0.05, 0) is 42.0 Å². The Hall–Kier alpha value is -3.48. The molecule has 1 aliphatic rings. The average molecular weight is 411 g/mol. The van der Waals surface area contributed by atoms with Gasteiger partial charge in [0.2, 0.25) is 0 Å². The zero-order valence-electron chi connectivity index (χ0n) is 16.7. The predicted octanol–water partition coefficient (Wildman–Crippen LogP) is 3.71. The molecule has 7 nitrogen and oxygen atoms in total. The molecule has 0 unspecified atom stereocenters. The molecule has 1 heterocycles. The maximum Gasteiger partial charge on any atom is 0.415 e. The van der Waals surface area contributed by atoms with Gasteiger partial charge in [0.15, 0.2) is 0 Å². The van der Waals surface area contributed by atoms with Crippen LogP contribution in [-0.2, 0) is 16.0 Å². The van der Waals surface area contributed by atoms with Gasteiger partial charge >= 0.3 is 12.1 Å². The van der Waals surface area contributed by atoms with E-state index in [1.807, 2.05) is 24.3 Å². The minimum absolute atomic E-state index is 0.00568. The van der Waals surface area contributed by atoms with Crippen molar-refractivity contribution in [3.63, 3.8) is 0 Å². The summed E-state index contributed by atoms with van der Waals surface area (Å²) in [6.07, 6.45) is 2.72. The quantitative estimate of drug-likeness (QED) is 0.552. The largest absolute Gasteiger partial charge is 0.508 e. The van der Waals surface area contributed by atoms with Gasteiger partial charge in [-0.15, -0.1) is 0 Å². The van der Waals surface area contributed by atoms with Crippen LogP contribution in [0.15, 0.2) is 61.2 Å². The number of hydrogen-bond donors (Lipinski definition) is 1. The third kappa shape index (κ3) is 6.27. The van der Waals surface area contributed by atoms with Gasteiger partial charge in [-0.2, -0.15) is 0 Å². The maximum absolute atomic E-state index is 12.3. The van der Waals surface area contributed by atoms with Gasteiger partial charge in [0.05, 0.1) is 6.42 Å². The molecular weight excluding hydrogens is 386 g/mol. The summed E-state index contributed by atoms with van der Waals surface area (Å²) in [5, 5.41) is 9.29. The Morgan fingerprint density at radius 1 is 1.03 bits per heavy atom. The van der Waals surface area contributed by atoms with E-state index in [9.17, 15) is 14.7 Å². The van der Waals surface area contributed by atoms with Crippen molar-refractivity contribution in [2.45, 2.75) is 25.4 Å². The number of carbonyl (C=O) groups is 2. The van der Waals surface area contributed by atoms with Crippen LogP contribution in [0.3, 0.4) is 0 Å². The lowest BCUT2D eigenvalue weighted by atomic mass is 10.1. The highest BCUT2D eigenvalue weighted by molar-refractivity contribution is 5.72. The molecule has 2 aromatic rings. The number of phenolic OH excluding ortho intramolecular Hbond substituents is 1. The molecule has 0 saturated carbocycles. The van der Waals surface area contributed by atoms with E-state index in [4.69, 9.17) is 14.2 Å². The lowest BCUT2D eigenvalue weighted by molar-refractivity contribution is -0.141. The van der Waals surface area contributed by atoms with E-state index in [0.717, 1.165) is 11.3 Å². The Bertz CT molecular complexity index is 854. The fourth-order valence-corrected chi connectivity index (χ4v) is 3.08. The predicted molar refractivity (Wildman–Crippen MR) is 111 cm³/mol. The number of ether oxygens (including phenoxy) is 3. The molecule has 3 rings (SSSR count). The minimum atomic E-state index is -0.410. The minimum Gasteiger partial charge on any atom is -0.508 e.